The number of rotatable bonds is 12. The van der Waals surface area contributed by atoms with Crippen molar-refractivity contribution < 1.29 is 34.0 Å². The molecule has 7 nitrogen and oxygen atoms in total. The summed E-state index contributed by atoms with van der Waals surface area (Å²) in [6.45, 7) is 9.89. The Labute approximate surface area is 150 Å². The quantitative estimate of drug-likeness (QED) is 0.512. The van der Waals surface area contributed by atoms with E-state index in [1.165, 1.54) is 13.8 Å². The second-order valence-corrected chi connectivity index (χ2v) is 7.06. The summed E-state index contributed by atoms with van der Waals surface area (Å²) in [5.74, 6) is -0.914. The predicted octanol–water partition coefficient (Wildman–Crippen LogP) is 1.97. The zero-order valence-electron chi connectivity index (χ0n) is 16.3. The lowest BCUT2D eigenvalue weighted by atomic mass is 9.94. The number of aliphatic hydroxyl groups is 2. The van der Waals surface area contributed by atoms with E-state index in [-0.39, 0.29) is 19.6 Å². The maximum atomic E-state index is 11.3. The Bertz CT molecular complexity index is 422. The molecule has 0 rings (SSSR count). The topological polar surface area (TPSA) is 102 Å². The molecule has 2 N–H and O–H groups in total. The van der Waals surface area contributed by atoms with Gasteiger partial charge < -0.3 is 24.4 Å². The SMILES string of the molecule is CCC(C)(O)CC(O)COC(C)(CC)CC(COC(C)=O)OC(C)=O. The highest BCUT2D eigenvalue weighted by Gasteiger charge is 2.31. The number of carbonyl (C=O) groups is 2. The first-order valence-corrected chi connectivity index (χ1v) is 8.78. The van der Waals surface area contributed by atoms with Gasteiger partial charge in [0.25, 0.3) is 0 Å². The van der Waals surface area contributed by atoms with E-state index in [1.807, 2.05) is 20.8 Å². The van der Waals surface area contributed by atoms with E-state index >= 15 is 0 Å². The number of aliphatic hydroxyl groups excluding tert-OH is 1. The highest BCUT2D eigenvalue weighted by atomic mass is 16.6. The van der Waals surface area contributed by atoms with Gasteiger partial charge in [0.15, 0.2) is 0 Å². The van der Waals surface area contributed by atoms with Crippen LogP contribution < -0.4 is 0 Å². The fourth-order valence-electron chi connectivity index (χ4n) is 2.37. The third kappa shape index (κ3) is 11.1. The normalized spacial score (nSPS) is 18.6. The molecule has 0 bridgehead atoms. The first-order chi connectivity index (χ1) is 11.4. The Kier molecular flexibility index (Phi) is 10.2. The van der Waals surface area contributed by atoms with Crippen molar-refractivity contribution in [2.75, 3.05) is 13.2 Å². The molecule has 0 heterocycles. The summed E-state index contributed by atoms with van der Waals surface area (Å²) in [7, 11) is 0. The van der Waals surface area contributed by atoms with Crippen LogP contribution in [-0.4, -0.2) is 58.8 Å². The number of esters is 2. The summed E-state index contributed by atoms with van der Waals surface area (Å²) in [4.78, 5) is 22.3. The number of hydrogen-bond donors (Lipinski definition) is 2. The summed E-state index contributed by atoms with van der Waals surface area (Å²) in [5, 5.41) is 20.1. The summed E-state index contributed by atoms with van der Waals surface area (Å²) in [5.41, 5.74) is -1.61. The van der Waals surface area contributed by atoms with Crippen molar-refractivity contribution in [1.29, 1.82) is 0 Å². The zero-order chi connectivity index (χ0) is 19.7. The molecule has 0 aromatic carbocycles. The van der Waals surface area contributed by atoms with Crippen LogP contribution in [0.25, 0.3) is 0 Å². The number of carbonyl (C=O) groups excluding carboxylic acids is 2. The molecule has 7 heteroatoms. The molecule has 0 saturated carbocycles. The molecule has 0 spiro atoms. The third-order valence-corrected chi connectivity index (χ3v) is 4.27. The van der Waals surface area contributed by atoms with Crippen molar-refractivity contribution in [2.24, 2.45) is 0 Å². The molecule has 4 atom stereocenters. The van der Waals surface area contributed by atoms with Gasteiger partial charge in [-0.2, -0.15) is 0 Å². The lowest BCUT2D eigenvalue weighted by Gasteiger charge is -2.34. The van der Waals surface area contributed by atoms with E-state index in [4.69, 9.17) is 14.2 Å². The molecule has 25 heavy (non-hydrogen) atoms. The van der Waals surface area contributed by atoms with Crippen LogP contribution in [0.1, 0.15) is 67.2 Å². The molecule has 0 amide bonds. The van der Waals surface area contributed by atoms with Gasteiger partial charge in [0, 0.05) is 26.7 Å². The molecule has 4 unspecified atom stereocenters. The minimum Gasteiger partial charge on any atom is -0.462 e. The maximum absolute atomic E-state index is 11.3. The lowest BCUT2D eigenvalue weighted by Crippen LogP contribution is -2.40. The average Bonchev–Trinajstić information content (AvgIpc) is 2.50. The van der Waals surface area contributed by atoms with Crippen molar-refractivity contribution in [1.82, 2.24) is 0 Å². The van der Waals surface area contributed by atoms with Gasteiger partial charge in [-0.25, -0.2) is 0 Å². The fraction of sp³-hybridized carbons (Fsp3) is 0.889. The van der Waals surface area contributed by atoms with Gasteiger partial charge in [-0.1, -0.05) is 13.8 Å². The van der Waals surface area contributed by atoms with Crippen LogP contribution in [0, 0.1) is 0 Å². The molecule has 0 aliphatic carbocycles. The van der Waals surface area contributed by atoms with Gasteiger partial charge in [0.05, 0.1) is 23.9 Å². The summed E-state index contributed by atoms with van der Waals surface area (Å²) in [6.07, 6.45) is 0.259. The molecule has 0 aromatic rings. The van der Waals surface area contributed by atoms with Gasteiger partial charge >= 0.3 is 11.9 Å². The minimum atomic E-state index is -0.943. The molecule has 0 aliphatic rings. The van der Waals surface area contributed by atoms with E-state index in [1.54, 1.807) is 6.92 Å². The molecule has 0 fully saturated rings. The summed E-state index contributed by atoms with van der Waals surface area (Å²) < 4.78 is 16.0. The predicted molar refractivity (Wildman–Crippen MR) is 93.0 cm³/mol. The van der Waals surface area contributed by atoms with E-state index < -0.39 is 35.3 Å². The van der Waals surface area contributed by atoms with E-state index in [0.717, 1.165) is 0 Å². The Hall–Kier alpha value is -1.18. The van der Waals surface area contributed by atoms with Crippen molar-refractivity contribution in [3.63, 3.8) is 0 Å². The maximum Gasteiger partial charge on any atom is 0.303 e. The minimum absolute atomic E-state index is 0.0407. The van der Waals surface area contributed by atoms with E-state index in [9.17, 15) is 19.8 Å². The van der Waals surface area contributed by atoms with Crippen LogP contribution in [0.4, 0.5) is 0 Å². The molecule has 0 saturated heterocycles. The Balaban J connectivity index is 4.74. The number of ether oxygens (including phenoxy) is 3. The second kappa shape index (κ2) is 10.7. The van der Waals surface area contributed by atoms with Gasteiger partial charge in [0.1, 0.15) is 12.7 Å². The van der Waals surface area contributed by atoms with Crippen LogP contribution >= 0.6 is 0 Å². The van der Waals surface area contributed by atoms with Gasteiger partial charge in [-0.05, 0) is 26.7 Å². The van der Waals surface area contributed by atoms with E-state index in [2.05, 4.69) is 0 Å². The largest absolute Gasteiger partial charge is 0.462 e. The van der Waals surface area contributed by atoms with Crippen LogP contribution in [0.5, 0.6) is 0 Å². The highest BCUT2D eigenvalue weighted by Crippen LogP contribution is 2.25. The second-order valence-electron chi connectivity index (χ2n) is 7.06. The highest BCUT2D eigenvalue weighted by molar-refractivity contribution is 5.67. The Morgan fingerprint density at radius 1 is 1.00 bits per heavy atom. The molecule has 0 radical (unpaired) electrons. The van der Waals surface area contributed by atoms with E-state index in [0.29, 0.717) is 19.3 Å². The van der Waals surface area contributed by atoms with Crippen molar-refractivity contribution in [3.8, 4) is 0 Å². The van der Waals surface area contributed by atoms with Crippen molar-refractivity contribution in [3.05, 3.63) is 0 Å². The fourth-order valence-corrected chi connectivity index (χ4v) is 2.37. The molecule has 0 aliphatic heterocycles. The third-order valence-electron chi connectivity index (χ3n) is 4.27. The van der Waals surface area contributed by atoms with Gasteiger partial charge in [-0.3, -0.25) is 9.59 Å². The Morgan fingerprint density at radius 3 is 2.04 bits per heavy atom. The Morgan fingerprint density at radius 2 is 1.60 bits per heavy atom. The zero-order valence-corrected chi connectivity index (χ0v) is 16.3. The summed E-state index contributed by atoms with van der Waals surface area (Å²) >= 11 is 0. The van der Waals surface area contributed by atoms with Gasteiger partial charge in [0.2, 0.25) is 0 Å². The first-order valence-electron chi connectivity index (χ1n) is 8.78. The van der Waals surface area contributed by atoms with Crippen LogP contribution in [0.3, 0.4) is 0 Å². The average molecular weight is 362 g/mol. The first kappa shape index (κ1) is 23.8. The molecule has 0 aromatic heterocycles. The van der Waals surface area contributed by atoms with Crippen LogP contribution in [0.2, 0.25) is 0 Å². The van der Waals surface area contributed by atoms with Crippen molar-refractivity contribution in [2.45, 2.75) is 90.6 Å². The summed E-state index contributed by atoms with van der Waals surface area (Å²) in [6, 6.07) is 0. The van der Waals surface area contributed by atoms with Crippen molar-refractivity contribution >= 4 is 11.9 Å². The number of hydrogen-bond acceptors (Lipinski definition) is 7. The monoisotopic (exact) mass is 362 g/mol. The van der Waals surface area contributed by atoms with Gasteiger partial charge in [-0.15, -0.1) is 0 Å². The standard InChI is InChI=1S/C18H34O7/c1-7-17(5,22)9-15(21)11-24-18(6,8-2)10-16(25-14(4)20)12-23-13(3)19/h15-16,21-22H,7-12H2,1-6H3. The van der Waals surface area contributed by atoms with Crippen LogP contribution in [-0.2, 0) is 23.8 Å². The van der Waals surface area contributed by atoms with Crippen LogP contribution in [0.15, 0.2) is 0 Å². The molecular formula is C18H34O7. The smallest absolute Gasteiger partial charge is 0.303 e. The molecule has 148 valence electrons. The molecular weight excluding hydrogens is 328 g/mol. The lowest BCUT2D eigenvalue weighted by molar-refractivity contribution is -0.163.